The average Bonchev–Trinajstić information content (AvgIpc) is 2.99. The molecule has 0 fully saturated rings. The van der Waals surface area contributed by atoms with Crippen LogP contribution in [0, 0.1) is 11.3 Å². The van der Waals surface area contributed by atoms with Crippen LogP contribution in [0.1, 0.15) is 12.5 Å². The van der Waals surface area contributed by atoms with Gasteiger partial charge in [-0.2, -0.15) is 5.26 Å². The maximum atomic E-state index is 11.9. The molecule has 0 spiro atoms. The molecule has 18 heavy (non-hydrogen) atoms. The highest BCUT2D eigenvalue weighted by Gasteiger charge is 2.17. The van der Waals surface area contributed by atoms with Crippen molar-refractivity contribution in [3.8, 4) is 6.07 Å². The monoisotopic (exact) mass is 296 g/mol. The number of nitrogens with zero attached hydrogens (tertiary/aromatic N) is 3. The summed E-state index contributed by atoms with van der Waals surface area (Å²) in [5.74, 6) is -0.144. The van der Waals surface area contributed by atoms with Crippen molar-refractivity contribution >= 4 is 45.3 Å². The molecule has 0 saturated heterocycles. The number of nitriles is 1. The third-order valence-corrected chi connectivity index (χ3v) is 4.75. The Kier molecular flexibility index (Phi) is 4.30. The fraction of sp³-hybridized carbons (Fsp3) is 0.200. The van der Waals surface area contributed by atoms with E-state index in [1.807, 2.05) is 6.07 Å². The molecule has 1 N–H and O–H groups in total. The van der Waals surface area contributed by atoms with Gasteiger partial charge in [0.25, 0.3) is 0 Å². The number of thioether (sulfide) groups is 1. The standard InChI is InChI=1S/C10H8N4OS3/c1-6(18-10-14-12-5-17-10)8(15)13-9-7(4-11)2-3-16-9/h2-3,5-6H,1H3,(H,13,15)/t6-/m1/s1. The van der Waals surface area contributed by atoms with Gasteiger partial charge in [0.2, 0.25) is 5.91 Å². The number of hydrogen-bond acceptors (Lipinski definition) is 7. The van der Waals surface area contributed by atoms with Crippen LogP contribution in [0.4, 0.5) is 5.00 Å². The van der Waals surface area contributed by atoms with E-state index in [2.05, 4.69) is 15.5 Å². The Balaban J connectivity index is 1.98. The SMILES string of the molecule is C[C@@H](Sc1nncs1)C(=O)Nc1sccc1C#N. The Bertz CT molecular complexity index is 572. The van der Waals surface area contributed by atoms with Gasteiger partial charge < -0.3 is 5.32 Å². The average molecular weight is 296 g/mol. The zero-order valence-corrected chi connectivity index (χ0v) is 11.7. The summed E-state index contributed by atoms with van der Waals surface area (Å²) in [7, 11) is 0. The highest BCUT2D eigenvalue weighted by atomic mass is 32.2. The molecule has 2 aromatic rings. The van der Waals surface area contributed by atoms with Crippen molar-refractivity contribution in [2.45, 2.75) is 16.5 Å². The summed E-state index contributed by atoms with van der Waals surface area (Å²) in [6, 6.07) is 3.72. The summed E-state index contributed by atoms with van der Waals surface area (Å²) >= 11 is 4.08. The largest absolute Gasteiger partial charge is 0.316 e. The molecule has 0 aliphatic rings. The number of nitrogens with one attached hydrogen (secondary N) is 1. The van der Waals surface area contributed by atoms with Crippen LogP contribution in [0.15, 0.2) is 21.3 Å². The van der Waals surface area contributed by atoms with Gasteiger partial charge in [0.05, 0.1) is 10.8 Å². The molecule has 0 saturated carbocycles. The third-order valence-electron chi connectivity index (χ3n) is 2.01. The molecule has 0 radical (unpaired) electrons. The second-order valence-electron chi connectivity index (χ2n) is 3.23. The fourth-order valence-electron chi connectivity index (χ4n) is 1.13. The van der Waals surface area contributed by atoms with Crippen molar-refractivity contribution in [2.75, 3.05) is 5.32 Å². The summed E-state index contributed by atoms with van der Waals surface area (Å²) in [6.07, 6.45) is 0. The highest BCUT2D eigenvalue weighted by molar-refractivity contribution is 8.02. The van der Waals surface area contributed by atoms with Gasteiger partial charge in [-0.15, -0.1) is 21.5 Å². The van der Waals surface area contributed by atoms with Crippen molar-refractivity contribution in [1.29, 1.82) is 5.26 Å². The number of hydrogen-bond donors (Lipinski definition) is 1. The molecule has 2 heterocycles. The van der Waals surface area contributed by atoms with Gasteiger partial charge in [0, 0.05) is 0 Å². The minimum atomic E-state index is -0.286. The van der Waals surface area contributed by atoms with Gasteiger partial charge in [0.15, 0.2) is 4.34 Å². The molecular weight excluding hydrogens is 288 g/mol. The highest BCUT2D eigenvalue weighted by Crippen LogP contribution is 2.27. The van der Waals surface area contributed by atoms with Gasteiger partial charge in [-0.3, -0.25) is 4.79 Å². The number of carbonyl (C=O) groups excluding carboxylic acids is 1. The lowest BCUT2D eigenvalue weighted by molar-refractivity contribution is -0.115. The van der Waals surface area contributed by atoms with Gasteiger partial charge >= 0.3 is 0 Å². The maximum absolute atomic E-state index is 11.9. The van der Waals surface area contributed by atoms with Crippen molar-refractivity contribution < 1.29 is 4.79 Å². The summed E-state index contributed by atoms with van der Waals surface area (Å²) in [5, 5.41) is 21.3. The molecule has 0 aliphatic carbocycles. The number of carbonyl (C=O) groups is 1. The first kappa shape index (κ1) is 13.0. The van der Waals surface area contributed by atoms with Gasteiger partial charge in [-0.05, 0) is 18.4 Å². The van der Waals surface area contributed by atoms with Crippen molar-refractivity contribution in [3.63, 3.8) is 0 Å². The second-order valence-corrected chi connectivity index (χ2v) is 6.57. The lowest BCUT2D eigenvalue weighted by Crippen LogP contribution is -2.22. The Morgan fingerprint density at radius 1 is 1.61 bits per heavy atom. The number of rotatable bonds is 4. The van der Waals surface area contributed by atoms with E-state index in [1.54, 1.807) is 23.9 Å². The van der Waals surface area contributed by atoms with Gasteiger partial charge in [-0.1, -0.05) is 23.1 Å². The van der Waals surface area contributed by atoms with Crippen LogP contribution in [0.5, 0.6) is 0 Å². The summed E-state index contributed by atoms with van der Waals surface area (Å²) < 4.78 is 0.754. The van der Waals surface area contributed by atoms with Crippen LogP contribution in [0.2, 0.25) is 0 Å². The third kappa shape index (κ3) is 3.07. The predicted molar refractivity (Wildman–Crippen MR) is 72.9 cm³/mol. The maximum Gasteiger partial charge on any atom is 0.238 e. The van der Waals surface area contributed by atoms with Crippen LogP contribution >= 0.6 is 34.4 Å². The normalized spacial score (nSPS) is 11.8. The first-order valence-corrected chi connectivity index (χ1v) is 7.56. The quantitative estimate of drug-likeness (QED) is 0.877. The molecule has 0 aromatic carbocycles. The smallest absolute Gasteiger partial charge is 0.238 e. The molecule has 0 bridgehead atoms. The summed E-state index contributed by atoms with van der Waals surface area (Å²) in [6.45, 7) is 1.79. The predicted octanol–water partition coefficient (Wildman–Crippen LogP) is 2.59. The number of thiophene rings is 1. The van der Waals surface area contributed by atoms with E-state index >= 15 is 0 Å². The first-order chi connectivity index (χ1) is 8.70. The van der Waals surface area contributed by atoms with Crippen molar-refractivity contribution in [3.05, 3.63) is 22.5 Å². The van der Waals surface area contributed by atoms with E-state index in [0.29, 0.717) is 10.6 Å². The minimum Gasteiger partial charge on any atom is -0.316 e. The molecule has 2 rings (SSSR count). The van der Waals surface area contributed by atoms with Crippen LogP contribution in [-0.2, 0) is 4.79 Å². The van der Waals surface area contributed by atoms with E-state index < -0.39 is 0 Å². The van der Waals surface area contributed by atoms with E-state index in [-0.39, 0.29) is 11.2 Å². The molecular formula is C10H8N4OS3. The fourth-order valence-corrected chi connectivity index (χ4v) is 3.49. The lowest BCUT2D eigenvalue weighted by atomic mass is 10.3. The second kappa shape index (κ2) is 5.95. The lowest BCUT2D eigenvalue weighted by Gasteiger charge is -2.08. The molecule has 1 amide bonds. The summed E-state index contributed by atoms with van der Waals surface area (Å²) in [4.78, 5) is 11.9. The zero-order chi connectivity index (χ0) is 13.0. The van der Waals surface area contributed by atoms with Gasteiger partial charge in [-0.25, -0.2) is 0 Å². The Hall–Kier alpha value is -1.43. The van der Waals surface area contributed by atoms with Crippen LogP contribution in [-0.4, -0.2) is 21.4 Å². The molecule has 0 unspecified atom stereocenters. The number of aromatic nitrogens is 2. The molecule has 0 aliphatic heterocycles. The molecule has 5 nitrogen and oxygen atoms in total. The summed E-state index contributed by atoms with van der Waals surface area (Å²) in [5.41, 5.74) is 2.11. The van der Waals surface area contributed by atoms with E-state index in [4.69, 9.17) is 5.26 Å². The number of amides is 1. The molecule has 1 atom stereocenters. The Morgan fingerprint density at radius 2 is 2.44 bits per heavy atom. The molecule has 2 aromatic heterocycles. The van der Waals surface area contributed by atoms with Gasteiger partial charge in [0.1, 0.15) is 16.6 Å². The molecule has 92 valence electrons. The van der Waals surface area contributed by atoms with Crippen LogP contribution in [0.25, 0.3) is 0 Å². The van der Waals surface area contributed by atoms with Crippen LogP contribution in [0.3, 0.4) is 0 Å². The first-order valence-electron chi connectivity index (χ1n) is 4.92. The minimum absolute atomic E-state index is 0.144. The van der Waals surface area contributed by atoms with E-state index in [1.165, 1.54) is 34.4 Å². The Labute approximate surface area is 116 Å². The molecule has 8 heteroatoms. The Morgan fingerprint density at radius 3 is 3.11 bits per heavy atom. The van der Waals surface area contributed by atoms with Crippen LogP contribution < -0.4 is 5.32 Å². The van der Waals surface area contributed by atoms with E-state index in [9.17, 15) is 4.79 Å². The number of anilines is 1. The van der Waals surface area contributed by atoms with Crippen molar-refractivity contribution in [1.82, 2.24) is 10.2 Å². The van der Waals surface area contributed by atoms with Crippen molar-refractivity contribution in [2.24, 2.45) is 0 Å². The van der Waals surface area contributed by atoms with E-state index in [0.717, 1.165) is 4.34 Å². The zero-order valence-electron chi connectivity index (χ0n) is 9.28. The topological polar surface area (TPSA) is 78.7 Å².